The minimum absolute atomic E-state index is 0.500. The Kier molecular flexibility index (Phi) is 1.59. The first-order valence-electron chi connectivity index (χ1n) is 4.68. The zero-order valence-corrected chi connectivity index (χ0v) is 7.55. The quantitative estimate of drug-likeness (QED) is 0.721. The van der Waals surface area contributed by atoms with Crippen molar-refractivity contribution in [2.24, 2.45) is 0 Å². The van der Waals surface area contributed by atoms with Crippen molar-refractivity contribution in [1.82, 2.24) is 15.1 Å². The molecule has 0 spiro atoms. The highest BCUT2D eigenvalue weighted by Gasteiger charge is 2.29. The van der Waals surface area contributed by atoms with E-state index in [4.69, 9.17) is 4.52 Å². The summed E-state index contributed by atoms with van der Waals surface area (Å²) in [6.07, 6.45) is 4.07. The Bertz CT molecular complexity index is 434. The summed E-state index contributed by atoms with van der Waals surface area (Å²) in [4.78, 5) is 8.46. The Balaban J connectivity index is 1.96. The number of pyridine rings is 1. The van der Waals surface area contributed by atoms with Crippen LogP contribution in [0.2, 0.25) is 0 Å². The molecule has 14 heavy (non-hydrogen) atoms. The minimum Gasteiger partial charge on any atom is -0.339 e. The van der Waals surface area contributed by atoms with E-state index in [-0.39, 0.29) is 0 Å². The van der Waals surface area contributed by atoms with Gasteiger partial charge in [-0.25, -0.2) is 0 Å². The van der Waals surface area contributed by atoms with E-state index in [2.05, 4.69) is 15.1 Å². The highest BCUT2D eigenvalue weighted by atomic mass is 16.5. The van der Waals surface area contributed by atoms with Crippen molar-refractivity contribution in [3.05, 3.63) is 30.3 Å². The molecule has 0 atom stereocenters. The fraction of sp³-hybridized carbons (Fsp3) is 0.300. The van der Waals surface area contributed by atoms with Gasteiger partial charge in [0.25, 0.3) is 0 Å². The van der Waals surface area contributed by atoms with E-state index in [9.17, 15) is 0 Å². The zero-order valence-electron chi connectivity index (χ0n) is 7.55. The van der Waals surface area contributed by atoms with Crippen molar-refractivity contribution in [3.8, 4) is 11.5 Å². The van der Waals surface area contributed by atoms with Crippen LogP contribution in [0.5, 0.6) is 0 Å². The normalized spacial score (nSPS) is 15.7. The van der Waals surface area contributed by atoms with Gasteiger partial charge in [-0.3, -0.25) is 4.98 Å². The molecule has 1 saturated carbocycles. The first-order valence-corrected chi connectivity index (χ1v) is 4.68. The molecule has 0 N–H and O–H groups in total. The van der Waals surface area contributed by atoms with Gasteiger partial charge in [0.2, 0.25) is 11.7 Å². The van der Waals surface area contributed by atoms with Crippen molar-refractivity contribution in [2.45, 2.75) is 18.8 Å². The topological polar surface area (TPSA) is 51.8 Å². The minimum atomic E-state index is 0.500. The second kappa shape index (κ2) is 2.90. The molecule has 2 aromatic rings. The molecule has 4 nitrogen and oxygen atoms in total. The second-order valence-corrected chi connectivity index (χ2v) is 3.45. The largest absolute Gasteiger partial charge is 0.339 e. The highest BCUT2D eigenvalue weighted by Crippen LogP contribution is 2.39. The molecular formula is C10H9N3O. The summed E-state index contributed by atoms with van der Waals surface area (Å²) >= 11 is 0. The van der Waals surface area contributed by atoms with Crippen LogP contribution in [0.3, 0.4) is 0 Å². The summed E-state index contributed by atoms with van der Waals surface area (Å²) in [6.45, 7) is 0. The molecule has 1 aliphatic carbocycles. The van der Waals surface area contributed by atoms with E-state index in [1.807, 2.05) is 18.2 Å². The van der Waals surface area contributed by atoms with Crippen LogP contribution in [0.25, 0.3) is 11.5 Å². The standard InChI is InChI=1S/C10H9N3O/c1-2-6-11-8(3-1)9-12-10(14-13-9)7-4-5-7/h1-3,6-7H,4-5H2. The maximum absolute atomic E-state index is 5.14. The van der Waals surface area contributed by atoms with Gasteiger partial charge in [-0.05, 0) is 25.0 Å². The summed E-state index contributed by atoms with van der Waals surface area (Å²) in [6, 6.07) is 5.66. The molecule has 0 radical (unpaired) electrons. The molecule has 0 saturated heterocycles. The molecule has 0 aromatic carbocycles. The number of hydrogen-bond acceptors (Lipinski definition) is 4. The summed E-state index contributed by atoms with van der Waals surface area (Å²) in [5, 5.41) is 3.90. The third kappa shape index (κ3) is 1.28. The lowest BCUT2D eigenvalue weighted by Gasteiger charge is -1.89. The molecule has 1 fully saturated rings. The number of nitrogens with zero attached hydrogens (tertiary/aromatic N) is 3. The predicted octanol–water partition coefficient (Wildman–Crippen LogP) is 2.01. The van der Waals surface area contributed by atoms with E-state index >= 15 is 0 Å². The number of rotatable bonds is 2. The molecule has 0 amide bonds. The van der Waals surface area contributed by atoms with Gasteiger partial charge >= 0.3 is 0 Å². The average Bonchev–Trinajstić information content (AvgIpc) is 2.98. The Morgan fingerprint density at radius 3 is 2.93 bits per heavy atom. The third-order valence-corrected chi connectivity index (χ3v) is 2.26. The Hall–Kier alpha value is -1.71. The first-order chi connectivity index (χ1) is 6.93. The SMILES string of the molecule is c1ccc(-c2noc(C3CC3)n2)nc1. The Morgan fingerprint density at radius 2 is 2.21 bits per heavy atom. The maximum atomic E-state index is 5.14. The molecule has 0 bridgehead atoms. The van der Waals surface area contributed by atoms with Crippen molar-refractivity contribution in [2.75, 3.05) is 0 Å². The van der Waals surface area contributed by atoms with E-state index in [1.54, 1.807) is 6.20 Å². The van der Waals surface area contributed by atoms with Crippen LogP contribution in [0.4, 0.5) is 0 Å². The van der Waals surface area contributed by atoms with Crippen molar-refractivity contribution in [3.63, 3.8) is 0 Å². The molecule has 0 unspecified atom stereocenters. The lowest BCUT2D eigenvalue weighted by Crippen LogP contribution is -1.84. The van der Waals surface area contributed by atoms with E-state index in [0.29, 0.717) is 11.7 Å². The van der Waals surface area contributed by atoms with Gasteiger partial charge in [0, 0.05) is 12.1 Å². The fourth-order valence-electron chi connectivity index (χ4n) is 1.33. The maximum Gasteiger partial charge on any atom is 0.230 e. The van der Waals surface area contributed by atoms with Crippen LogP contribution >= 0.6 is 0 Å². The lowest BCUT2D eigenvalue weighted by atomic mass is 10.3. The van der Waals surface area contributed by atoms with Crippen LogP contribution in [0.1, 0.15) is 24.7 Å². The Labute approximate surface area is 81.0 Å². The molecule has 4 heteroatoms. The van der Waals surface area contributed by atoms with Gasteiger partial charge < -0.3 is 4.52 Å². The third-order valence-electron chi connectivity index (χ3n) is 2.26. The molecule has 70 valence electrons. The van der Waals surface area contributed by atoms with Gasteiger partial charge in [0.05, 0.1) is 0 Å². The van der Waals surface area contributed by atoms with Crippen LogP contribution in [0.15, 0.2) is 28.9 Å². The van der Waals surface area contributed by atoms with Crippen LogP contribution in [-0.2, 0) is 0 Å². The monoisotopic (exact) mass is 187 g/mol. The van der Waals surface area contributed by atoms with Crippen molar-refractivity contribution < 1.29 is 4.52 Å². The summed E-state index contributed by atoms with van der Waals surface area (Å²) in [5.74, 6) is 1.85. The van der Waals surface area contributed by atoms with Gasteiger partial charge in [0.1, 0.15) is 5.69 Å². The van der Waals surface area contributed by atoms with Crippen LogP contribution < -0.4 is 0 Å². The molecule has 3 rings (SSSR count). The van der Waals surface area contributed by atoms with Crippen molar-refractivity contribution >= 4 is 0 Å². The van der Waals surface area contributed by atoms with Crippen molar-refractivity contribution in [1.29, 1.82) is 0 Å². The molecule has 1 aliphatic rings. The van der Waals surface area contributed by atoms with Gasteiger partial charge in [-0.2, -0.15) is 4.98 Å². The number of aromatic nitrogens is 3. The first kappa shape index (κ1) is 7.67. The smallest absolute Gasteiger partial charge is 0.230 e. The average molecular weight is 187 g/mol. The van der Waals surface area contributed by atoms with Crippen LogP contribution in [-0.4, -0.2) is 15.1 Å². The van der Waals surface area contributed by atoms with Gasteiger partial charge in [0.15, 0.2) is 0 Å². The molecule has 2 aromatic heterocycles. The lowest BCUT2D eigenvalue weighted by molar-refractivity contribution is 0.380. The van der Waals surface area contributed by atoms with Gasteiger partial charge in [-0.15, -0.1) is 0 Å². The summed E-state index contributed by atoms with van der Waals surface area (Å²) < 4.78 is 5.14. The van der Waals surface area contributed by atoms with Crippen LogP contribution in [0, 0.1) is 0 Å². The molecule has 0 aliphatic heterocycles. The molecule has 2 heterocycles. The van der Waals surface area contributed by atoms with Gasteiger partial charge in [-0.1, -0.05) is 11.2 Å². The van der Waals surface area contributed by atoms with E-state index in [1.165, 1.54) is 12.8 Å². The van der Waals surface area contributed by atoms with E-state index < -0.39 is 0 Å². The Morgan fingerprint density at radius 1 is 1.29 bits per heavy atom. The molecular weight excluding hydrogens is 178 g/mol. The number of hydrogen-bond donors (Lipinski definition) is 0. The predicted molar refractivity (Wildman–Crippen MR) is 49.5 cm³/mol. The summed E-state index contributed by atoms with van der Waals surface area (Å²) in [7, 11) is 0. The van der Waals surface area contributed by atoms with E-state index in [0.717, 1.165) is 11.6 Å². The fourth-order valence-corrected chi connectivity index (χ4v) is 1.33. The highest BCUT2D eigenvalue weighted by molar-refractivity contribution is 5.47. The summed E-state index contributed by atoms with van der Waals surface area (Å²) in [5.41, 5.74) is 0.767. The second-order valence-electron chi connectivity index (χ2n) is 3.45. The zero-order chi connectivity index (χ0) is 9.38.